The first-order valence-corrected chi connectivity index (χ1v) is 9.15. The highest BCUT2D eigenvalue weighted by Crippen LogP contribution is 2.35. The normalized spacial score (nSPS) is 18.9. The van der Waals surface area contributed by atoms with Crippen LogP contribution in [0, 0.1) is 5.92 Å². The molecule has 2 atom stereocenters. The third-order valence-corrected chi connectivity index (χ3v) is 5.17. The molecular formula is C20H22BrNO2. The van der Waals surface area contributed by atoms with E-state index in [4.69, 9.17) is 4.74 Å². The second kappa shape index (κ2) is 7.84. The molecule has 3 nitrogen and oxygen atoms in total. The molecule has 0 unspecified atom stereocenters. The summed E-state index contributed by atoms with van der Waals surface area (Å²) < 4.78 is 6.30. The fourth-order valence-electron chi connectivity index (χ4n) is 3.32. The average molecular weight is 388 g/mol. The van der Waals surface area contributed by atoms with Crippen molar-refractivity contribution in [3.8, 4) is 5.75 Å². The summed E-state index contributed by atoms with van der Waals surface area (Å²) in [5, 5.41) is 3.58. The molecule has 0 aromatic heterocycles. The molecule has 4 heteroatoms. The average Bonchev–Trinajstić information content (AvgIpc) is 2.62. The van der Waals surface area contributed by atoms with Gasteiger partial charge in [0.1, 0.15) is 11.5 Å². The number of Topliss-reactive ketones (excluding diaryl/α,β-unsaturated/α-hetero) is 1. The minimum absolute atomic E-state index is 0.00937. The molecule has 1 fully saturated rings. The Hall–Kier alpha value is -1.81. The van der Waals surface area contributed by atoms with E-state index in [-0.39, 0.29) is 12.0 Å². The molecular weight excluding hydrogens is 366 g/mol. The lowest BCUT2D eigenvalue weighted by Crippen LogP contribution is -2.30. The second-order valence-electron chi connectivity index (χ2n) is 6.22. The SMILES string of the molecule is COc1ccc([C@@H](Nc2ccc(Br)cc2)[C@H]2CCCCC2=O)cc1. The molecule has 24 heavy (non-hydrogen) atoms. The molecule has 2 aromatic rings. The highest BCUT2D eigenvalue weighted by molar-refractivity contribution is 9.10. The third kappa shape index (κ3) is 3.99. The summed E-state index contributed by atoms with van der Waals surface area (Å²) in [5.74, 6) is 1.22. The van der Waals surface area contributed by atoms with Crippen LogP contribution in [0.5, 0.6) is 5.75 Å². The smallest absolute Gasteiger partial charge is 0.138 e. The molecule has 126 valence electrons. The molecule has 0 spiro atoms. The first kappa shape index (κ1) is 17.0. The van der Waals surface area contributed by atoms with E-state index in [0.717, 1.165) is 40.7 Å². The minimum Gasteiger partial charge on any atom is -0.497 e. The Balaban J connectivity index is 1.89. The van der Waals surface area contributed by atoms with E-state index in [1.165, 1.54) is 0 Å². The molecule has 0 amide bonds. The molecule has 1 aliphatic rings. The molecule has 1 N–H and O–H groups in total. The lowest BCUT2D eigenvalue weighted by atomic mass is 9.80. The Morgan fingerprint density at radius 1 is 1.08 bits per heavy atom. The van der Waals surface area contributed by atoms with Crippen LogP contribution in [-0.4, -0.2) is 12.9 Å². The van der Waals surface area contributed by atoms with Crippen molar-refractivity contribution in [3.05, 3.63) is 58.6 Å². The standard InChI is InChI=1S/C20H22BrNO2/c1-24-17-12-6-14(7-13-17)20(18-4-2-3-5-19(18)23)22-16-10-8-15(21)9-11-16/h6-13,18,20,22H,2-5H2,1H3/t18-,20+/m0/s1. The van der Waals surface area contributed by atoms with Gasteiger partial charge in [-0.3, -0.25) is 4.79 Å². The predicted molar refractivity (Wildman–Crippen MR) is 100 cm³/mol. The molecule has 0 bridgehead atoms. The summed E-state index contributed by atoms with van der Waals surface area (Å²) in [4.78, 5) is 12.5. The van der Waals surface area contributed by atoms with Gasteiger partial charge in [0.15, 0.2) is 0 Å². The van der Waals surface area contributed by atoms with E-state index >= 15 is 0 Å². The van der Waals surface area contributed by atoms with Gasteiger partial charge in [0.25, 0.3) is 0 Å². The topological polar surface area (TPSA) is 38.3 Å². The van der Waals surface area contributed by atoms with Crippen molar-refractivity contribution >= 4 is 27.4 Å². The maximum Gasteiger partial charge on any atom is 0.138 e. The van der Waals surface area contributed by atoms with Gasteiger partial charge in [-0.1, -0.05) is 34.5 Å². The molecule has 0 heterocycles. The molecule has 0 aliphatic heterocycles. The van der Waals surface area contributed by atoms with E-state index in [0.29, 0.717) is 12.2 Å². The van der Waals surface area contributed by atoms with Gasteiger partial charge in [0.2, 0.25) is 0 Å². The number of ether oxygens (including phenoxy) is 1. The Morgan fingerprint density at radius 2 is 1.79 bits per heavy atom. The van der Waals surface area contributed by atoms with E-state index in [2.05, 4.69) is 33.4 Å². The van der Waals surface area contributed by atoms with Crippen LogP contribution in [-0.2, 0) is 4.79 Å². The number of ketones is 1. The van der Waals surface area contributed by atoms with Gasteiger partial charge >= 0.3 is 0 Å². The maximum atomic E-state index is 12.5. The first-order valence-electron chi connectivity index (χ1n) is 8.36. The van der Waals surface area contributed by atoms with Crippen molar-refractivity contribution in [2.24, 2.45) is 5.92 Å². The fraction of sp³-hybridized carbons (Fsp3) is 0.350. The quantitative estimate of drug-likeness (QED) is 0.748. The van der Waals surface area contributed by atoms with Gasteiger partial charge in [0, 0.05) is 22.5 Å². The number of carbonyl (C=O) groups excluding carboxylic acids is 1. The summed E-state index contributed by atoms with van der Waals surface area (Å²) in [6.07, 6.45) is 3.77. The number of benzene rings is 2. The summed E-state index contributed by atoms with van der Waals surface area (Å²) in [7, 11) is 1.66. The highest BCUT2D eigenvalue weighted by Gasteiger charge is 2.31. The predicted octanol–water partition coefficient (Wildman–Crippen LogP) is 5.37. The van der Waals surface area contributed by atoms with Gasteiger partial charge in [-0.2, -0.15) is 0 Å². The number of hydrogen-bond acceptors (Lipinski definition) is 3. The summed E-state index contributed by atoms with van der Waals surface area (Å²) in [6, 6.07) is 16.1. The number of rotatable bonds is 5. The van der Waals surface area contributed by atoms with Gasteiger partial charge in [-0.05, 0) is 54.8 Å². The summed E-state index contributed by atoms with van der Waals surface area (Å²) >= 11 is 3.46. The van der Waals surface area contributed by atoms with Crippen molar-refractivity contribution in [2.45, 2.75) is 31.7 Å². The van der Waals surface area contributed by atoms with Crippen LogP contribution in [0.2, 0.25) is 0 Å². The van der Waals surface area contributed by atoms with Crippen LogP contribution in [0.3, 0.4) is 0 Å². The Bertz CT molecular complexity index is 682. The number of nitrogens with one attached hydrogen (secondary N) is 1. The van der Waals surface area contributed by atoms with Crippen molar-refractivity contribution in [1.29, 1.82) is 0 Å². The van der Waals surface area contributed by atoms with Crippen molar-refractivity contribution in [1.82, 2.24) is 0 Å². The first-order chi connectivity index (χ1) is 11.7. The monoisotopic (exact) mass is 387 g/mol. The Morgan fingerprint density at radius 3 is 2.42 bits per heavy atom. The van der Waals surface area contributed by atoms with Crippen LogP contribution in [0.4, 0.5) is 5.69 Å². The van der Waals surface area contributed by atoms with E-state index in [1.807, 2.05) is 36.4 Å². The number of hydrogen-bond donors (Lipinski definition) is 1. The molecule has 2 aromatic carbocycles. The van der Waals surface area contributed by atoms with E-state index in [1.54, 1.807) is 7.11 Å². The van der Waals surface area contributed by atoms with Gasteiger partial charge in [-0.25, -0.2) is 0 Å². The van der Waals surface area contributed by atoms with Crippen LogP contribution < -0.4 is 10.1 Å². The second-order valence-corrected chi connectivity index (χ2v) is 7.14. The lowest BCUT2D eigenvalue weighted by molar-refractivity contribution is -0.125. The largest absolute Gasteiger partial charge is 0.497 e. The van der Waals surface area contributed by atoms with E-state index < -0.39 is 0 Å². The highest BCUT2D eigenvalue weighted by atomic mass is 79.9. The number of methoxy groups -OCH3 is 1. The zero-order chi connectivity index (χ0) is 16.9. The molecule has 0 radical (unpaired) electrons. The molecule has 0 saturated heterocycles. The fourth-order valence-corrected chi connectivity index (χ4v) is 3.58. The zero-order valence-electron chi connectivity index (χ0n) is 13.8. The molecule has 1 saturated carbocycles. The van der Waals surface area contributed by atoms with Gasteiger partial charge in [0.05, 0.1) is 13.2 Å². The van der Waals surface area contributed by atoms with Crippen LogP contribution in [0.25, 0.3) is 0 Å². The minimum atomic E-state index is -0.00937. The van der Waals surface area contributed by atoms with Gasteiger partial charge < -0.3 is 10.1 Å². The van der Waals surface area contributed by atoms with Crippen molar-refractivity contribution in [3.63, 3.8) is 0 Å². The van der Waals surface area contributed by atoms with Crippen molar-refractivity contribution in [2.75, 3.05) is 12.4 Å². The third-order valence-electron chi connectivity index (χ3n) is 4.65. The molecule has 1 aliphatic carbocycles. The van der Waals surface area contributed by atoms with Gasteiger partial charge in [-0.15, -0.1) is 0 Å². The lowest BCUT2D eigenvalue weighted by Gasteiger charge is -2.31. The summed E-state index contributed by atoms with van der Waals surface area (Å²) in [6.45, 7) is 0. The zero-order valence-corrected chi connectivity index (χ0v) is 15.4. The van der Waals surface area contributed by atoms with Crippen LogP contribution >= 0.6 is 15.9 Å². The summed E-state index contributed by atoms with van der Waals surface area (Å²) in [5.41, 5.74) is 2.15. The Kier molecular flexibility index (Phi) is 5.56. The Labute approximate surface area is 151 Å². The van der Waals surface area contributed by atoms with Crippen LogP contribution in [0.1, 0.15) is 37.3 Å². The maximum absolute atomic E-state index is 12.5. The van der Waals surface area contributed by atoms with E-state index in [9.17, 15) is 4.79 Å². The molecule has 3 rings (SSSR count). The van der Waals surface area contributed by atoms with Crippen molar-refractivity contribution < 1.29 is 9.53 Å². The van der Waals surface area contributed by atoms with Crippen LogP contribution in [0.15, 0.2) is 53.0 Å². The number of halogens is 1. The number of carbonyl (C=O) groups is 1. The number of anilines is 1.